The van der Waals surface area contributed by atoms with Crippen LogP contribution in [-0.4, -0.2) is 41.1 Å². The van der Waals surface area contributed by atoms with Crippen LogP contribution in [-0.2, 0) is 4.79 Å². The number of aromatic nitrogens is 2. The molecule has 0 aliphatic heterocycles. The first kappa shape index (κ1) is 22.4. The Kier molecular flexibility index (Phi) is 6.67. The molecule has 0 spiro atoms. The van der Waals surface area contributed by atoms with Crippen LogP contribution in [0.3, 0.4) is 0 Å². The smallest absolute Gasteiger partial charge is 0.281 e. The van der Waals surface area contributed by atoms with Crippen LogP contribution in [0.4, 0.5) is 13.2 Å². The third-order valence-corrected chi connectivity index (χ3v) is 4.32. The molecular weight excluding hydrogens is 415 g/mol. The summed E-state index contributed by atoms with van der Waals surface area (Å²) >= 11 is 0. The van der Waals surface area contributed by atoms with Gasteiger partial charge in [0.05, 0.1) is 12.2 Å². The van der Waals surface area contributed by atoms with Crippen LogP contribution in [0.1, 0.15) is 27.2 Å². The summed E-state index contributed by atoms with van der Waals surface area (Å²) in [6, 6.07) is 5.15. The number of amides is 1. The number of hydrogen-bond donors (Lipinski definition) is 1. The van der Waals surface area contributed by atoms with Crippen molar-refractivity contribution >= 4 is 17.0 Å². The zero-order valence-electron chi connectivity index (χ0n) is 17.2. The van der Waals surface area contributed by atoms with Crippen molar-refractivity contribution < 1.29 is 31.9 Å². The number of carbonyl (C=O) groups excluding carboxylic acids is 1. The number of carbonyl (C=O) groups is 1. The number of oxazole rings is 1. The van der Waals surface area contributed by atoms with Crippen LogP contribution in [0, 0.1) is 5.82 Å². The first-order valence-corrected chi connectivity index (χ1v) is 9.64. The molecule has 31 heavy (non-hydrogen) atoms. The predicted molar refractivity (Wildman–Crippen MR) is 107 cm³/mol. The van der Waals surface area contributed by atoms with E-state index >= 15 is 0 Å². The Morgan fingerprint density at radius 3 is 2.74 bits per heavy atom. The van der Waals surface area contributed by atoms with Crippen molar-refractivity contribution in [2.75, 3.05) is 13.2 Å². The highest BCUT2D eigenvalue weighted by atomic mass is 19.3. The molecule has 3 rings (SSSR count). The number of alkyl halides is 2. The number of halogens is 3. The van der Waals surface area contributed by atoms with Crippen LogP contribution < -0.4 is 14.8 Å². The Morgan fingerprint density at radius 1 is 1.29 bits per heavy atom. The number of ether oxygens (including phenoxy) is 2. The maximum atomic E-state index is 14.3. The zero-order valence-corrected chi connectivity index (χ0v) is 17.2. The molecule has 0 aliphatic carbocycles. The molecule has 7 nitrogen and oxygen atoms in total. The molecule has 2 aromatic heterocycles. The molecule has 0 unspecified atom stereocenters. The Balaban J connectivity index is 1.72. The van der Waals surface area contributed by atoms with Crippen LogP contribution in [0.2, 0.25) is 0 Å². The first-order chi connectivity index (χ1) is 14.7. The van der Waals surface area contributed by atoms with E-state index in [4.69, 9.17) is 13.9 Å². The molecule has 0 fully saturated rings. The van der Waals surface area contributed by atoms with Gasteiger partial charge in [0.25, 0.3) is 5.92 Å². The summed E-state index contributed by atoms with van der Waals surface area (Å²) in [5.74, 6) is -3.87. The lowest BCUT2D eigenvalue weighted by atomic mass is 10.2. The number of nitrogens with zero attached hydrogens (tertiary/aromatic N) is 2. The van der Waals surface area contributed by atoms with Gasteiger partial charge in [-0.15, -0.1) is 0 Å². The minimum atomic E-state index is -3.03. The second-order valence-electron chi connectivity index (χ2n) is 7.07. The minimum Gasteiger partial charge on any atom is -0.484 e. The fourth-order valence-electron chi connectivity index (χ4n) is 2.65. The summed E-state index contributed by atoms with van der Waals surface area (Å²) in [6.45, 7) is 3.84. The van der Waals surface area contributed by atoms with E-state index in [0.717, 1.165) is 6.07 Å². The standard InChI is InChI=1S/C21H22F3N3O4/c1-4-21(23,24)11-30-17-6-5-14(7-15(17)22)20-27-16-9-25-19(8-18(16)31-20)29-10-12(2)26-13(3)28/h5-9,12H,4,10-11H2,1-3H3,(H,26,28)/t12-/m0/s1. The van der Waals surface area contributed by atoms with Gasteiger partial charge < -0.3 is 19.2 Å². The van der Waals surface area contributed by atoms with Gasteiger partial charge in [-0.1, -0.05) is 6.92 Å². The number of hydrogen-bond acceptors (Lipinski definition) is 6. The molecule has 0 aliphatic rings. The maximum absolute atomic E-state index is 14.3. The fourth-order valence-corrected chi connectivity index (χ4v) is 2.65. The van der Waals surface area contributed by atoms with E-state index in [2.05, 4.69) is 15.3 Å². The molecule has 2 heterocycles. The second kappa shape index (κ2) is 9.23. The minimum absolute atomic E-state index is 0.130. The molecule has 1 atom stereocenters. The van der Waals surface area contributed by atoms with Gasteiger partial charge >= 0.3 is 0 Å². The van der Waals surface area contributed by atoms with Crippen LogP contribution in [0.5, 0.6) is 11.6 Å². The molecule has 0 bridgehead atoms. The fraction of sp³-hybridized carbons (Fsp3) is 0.381. The Morgan fingerprint density at radius 2 is 2.06 bits per heavy atom. The van der Waals surface area contributed by atoms with Gasteiger partial charge in [0.1, 0.15) is 12.1 Å². The van der Waals surface area contributed by atoms with E-state index in [0.29, 0.717) is 16.7 Å². The molecule has 1 amide bonds. The molecule has 166 valence electrons. The van der Waals surface area contributed by atoms with Crippen LogP contribution in [0.25, 0.3) is 22.6 Å². The normalized spacial score (nSPS) is 12.6. The molecule has 1 N–H and O–H groups in total. The van der Waals surface area contributed by atoms with E-state index in [-0.39, 0.29) is 36.1 Å². The van der Waals surface area contributed by atoms with Crippen molar-refractivity contribution in [1.82, 2.24) is 15.3 Å². The Hall–Kier alpha value is -3.30. The Labute approximate surface area is 176 Å². The third kappa shape index (κ3) is 5.87. The summed E-state index contributed by atoms with van der Waals surface area (Å²) in [4.78, 5) is 19.4. The summed E-state index contributed by atoms with van der Waals surface area (Å²) < 4.78 is 57.0. The van der Waals surface area contributed by atoms with Crippen molar-refractivity contribution in [2.24, 2.45) is 0 Å². The maximum Gasteiger partial charge on any atom is 0.281 e. The Bertz CT molecular complexity index is 1070. The number of rotatable bonds is 9. The summed E-state index contributed by atoms with van der Waals surface area (Å²) in [6.07, 6.45) is 1.04. The number of nitrogens with one attached hydrogen (secondary N) is 1. The third-order valence-electron chi connectivity index (χ3n) is 4.32. The molecule has 0 radical (unpaired) electrons. The lowest BCUT2D eigenvalue weighted by molar-refractivity contribution is -0.119. The van der Waals surface area contributed by atoms with Gasteiger partial charge in [0, 0.05) is 25.0 Å². The number of fused-ring (bicyclic) bond motifs is 1. The molecule has 0 saturated carbocycles. The summed E-state index contributed by atoms with van der Waals surface area (Å²) in [7, 11) is 0. The highest BCUT2D eigenvalue weighted by Gasteiger charge is 2.27. The largest absolute Gasteiger partial charge is 0.484 e. The van der Waals surface area contributed by atoms with Crippen molar-refractivity contribution in [1.29, 1.82) is 0 Å². The van der Waals surface area contributed by atoms with Gasteiger partial charge in [-0.2, -0.15) is 0 Å². The lowest BCUT2D eigenvalue weighted by Crippen LogP contribution is -2.35. The van der Waals surface area contributed by atoms with E-state index < -0.39 is 24.8 Å². The lowest BCUT2D eigenvalue weighted by Gasteiger charge is -2.15. The van der Waals surface area contributed by atoms with Crippen molar-refractivity contribution in [3.05, 3.63) is 36.3 Å². The monoisotopic (exact) mass is 437 g/mol. The SMILES string of the molecule is CCC(F)(F)COc1ccc(-c2nc3cnc(OC[C@H](C)NC(C)=O)cc3o2)cc1F. The first-order valence-electron chi connectivity index (χ1n) is 9.64. The van der Waals surface area contributed by atoms with Gasteiger partial charge in [-0.25, -0.2) is 23.1 Å². The molecular formula is C21H22F3N3O4. The van der Waals surface area contributed by atoms with Crippen molar-refractivity contribution in [3.8, 4) is 23.1 Å². The van der Waals surface area contributed by atoms with Crippen molar-refractivity contribution in [2.45, 2.75) is 39.2 Å². The van der Waals surface area contributed by atoms with E-state index in [1.54, 1.807) is 6.92 Å². The van der Waals surface area contributed by atoms with Gasteiger partial charge in [0.2, 0.25) is 17.7 Å². The number of pyridine rings is 1. The average Bonchev–Trinajstić information content (AvgIpc) is 3.14. The number of benzene rings is 1. The van der Waals surface area contributed by atoms with Crippen LogP contribution in [0.15, 0.2) is 34.9 Å². The zero-order chi connectivity index (χ0) is 22.6. The predicted octanol–water partition coefficient (Wildman–Crippen LogP) is 4.36. The van der Waals surface area contributed by atoms with Gasteiger partial charge in [0.15, 0.2) is 23.8 Å². The topological polar surface area (TPSA) is 86.5 Å². The summed E-state index contributed by atoms with van der Waals surface area (Å²) in [5.41, 5.74) is 1.11. The highest BCUT2D eigenvalue weighted by Crippen LogP contribution is 2.30. The highest BCUT2D eigenvalue weighted by molar-refractivity contribution is 5.76. The average molecular weight is 437 g/mol. The van der Waals surface area contributed by atoms with Gasteiger partial charge in [-0.3, -0.25) is 4.79 Å². The van der Waals surface area contributed by atoms with Gasteiger partial charge in [-0.05, 0) is 25.1 Å². The van der Waals surface area contributed by atoms with Crippen molar-refractivity contribution in [3.63, 3.8) is 0 Å². The summed E-state index contributed by atoms with van der Waals surface area (Å²) in [5, 5.41) is 2.69. The molecule has 10 heteroatoms. The second-order valence-corrected chi connectivity index (χ2v) is 7.07. The van der Waals surface area contributed by atoms with E-state index in [9.17, 15) is 18.0 Å². The quantitative estimate of drug-likeness (QED) is 0.536. The molecule has 0 saturated heterocycles. The molecule has 3 aromatic rings. The molecule has 1 aromatic carbocycles. The van der Waals surface area contributed by atoms with E-state index in [1.165, 1.54) is 38.2 Å². The van der Waals surface area contributed by atoms with Crippen LogP contribution >= 0.6 is 0 Å². The van der Waals surface area contributed by atoms with E-state index in [1.807, 2.05) is 0 Å².